The van der Waals surface area contributed by atoms with Gasteiger partial charge in [0.2, 0.25) is 0 Å². The summed E-state index contributed by atoms with van der Waals surface area (Å²) in [5, 5.41) is 3.33. The molecule has 1 amide bonds. The largest absolute Gasteiger partial charge is 0.375 e. The van der Waals surface area contributed by atoms with Gasteiger partial charge in [0.1, 0.15) is 4.88 Å². The molecule has 94 valence electrons. The molecule has 18 heavy (non-hydrogen) atoms. The highest BCUT2D eigenvalue weighted by atomic mass is 127. The molecule has 1 aromatic heterocycles. The molecule has 0 spiro atoms. The number of aryl methyl sites for hydroxylation is 1. The molecule has 0 saturated heterocycles. The molecule has 1 aromatic carbocycles. The molecule has 0 aliphatic rings. The number of thiazole rings is 1. The van der Waals surface area contributed by atoms with Crippen molar-refractivity contribution in [3.8, 4) is 0 Å². The minimum absolute atomic E-state index is 0.162. The molecule has 1 heterocycles. The van der Waals surface area contributed by atoms with Gasteiger partial charge in [0.15, 0.2) is 5.13 Å². The number of alkyl halides is 1. The van der Waals surface area contributed by atoms with E-state index in [9.17, 15) is 4.79 Å². The first-order valence-electron chi connectivity index (χ1n) is 5.29. The highest BCUT2D eigenvalue weighted by Crippen LogP contribution is 2.24. The van der Waals surface area contributed by atoms with Crippen molar-refractivity contribution in [3.63, 3.8) is 0 Å². The predicted molar refractivity (Wildman–Crippen MR) is 83.4 cm³/mol. The Morgan fingerprint density at radius 3 is 2.94 bits per heavy atom. The minimum atomic E-state index is -0.162. The van der Waals surface area contributed by atoms with Crippen LogP contribution in [0.3, 0.4) is 0 Å². The summed E-state index contributed by atoms with van der Waals surface area (Å²) >= 11 is 3.47. The van der Waals surface area contributed by atoms with Crippen LogP contribution in [0.1, 0.15) is 20.8 Å². The Morgan fingerprint density at radius 1 is 1.56 bits per heavy atom. The first-order chi connectivity index (χ1) is 8.61. The van der Waals surface area contributed by atoms with Crippen LogP contribution in [-0.4, -0.2) is 10.9 Å². The zero-order valence-corrected chi connectivity index (χ0v) is 12.7. The molecule has 0 saturated carbocycles. The van der Waals surface area contributed by atoms with E-state index in [0.717, 1.165) is 21.2 Å². The number of halogens is 1. The number of carbonyl (C=O) groups excluding carboxylic acids is 1. The summed E-state index contributed by atoms with van der Waals surface area (Å²) in [6, 6.07) is 5.98. The number of hydrogen-bond acceptors (Lipinski definition) is 4. The monoisotopic (exact) mass is 373 g/mol. The van der Waals surface area contributed by atoms with Gasteiger partial charge >= 0.3 is 0 Å². The Balaban J connectivity index is 2.26. The summed E-state index contributed by atoms with van der Waals surface area (Å²) in [5.41, 5.74) is 8.56. The zero-order chi connectivity index (χ0) is 13.1. The molecule has 0 radical (unpaired) electrons. The molecule has 0 atom stereocenters. The second-order valence-electron chi connectivity index (χ2n) is 3.76. The summed E-state index contributed by atoms with van der Waals surface area (Å²) < 4.78 is 0.847. The smallest absolute Gasteiger partial charge is 0.267 e. The van der Waals surface area contributed by atoms with Crippen LogP contribution in [0.2, 0.25) is 0 Å². The maximum Gasteiger partial charge on any atom is 0.267 e. The average molecular weight is 373 g/mol. The highest BCUT2D eigenvalue weighted by molar-refractivity contribution is 14.1. The van der Waals surface area contributed by atoms with Crippen LogP contribution in [0.25, 0.3) is 0 Å². The molecule has 0 fully saturated rings. The van der Waals surface area contributed by atoms with E-state index in [1.807, 2.05) is 25.1 Å². The van der Waals surface area contributed by atoms with E-state index >= 15 is 0 Å². The number of amides is 1. The van der Waals surface area contributed by atoms with E-state index in [-0.39, 0.29) is 5.91 Å². The van der Waals surface area contributed by atoms with E-state index in [1.165, 1.54) is 17.5 Å². The van der Waals surface area contributed by atoms with Gasteiger partial charge in [-0.3, -0.25) is 4.79 Å². The zero-order valence-electron chi connectivity index (χ0n) is 9.74. The number of rotatable bonds is 3. The highest BCUT2D eigenvalue weighted by Gasteiger charge is 2.13. The van der Waals surface area contributed by atoms with E-state index in [2.05, 4.69) is 32.9 Å². The molecular weight excluding hydrogens is 361 g/mol. The first-order valence-corrected chi connectivity index (χ1v) is 7.63. The van der Waals surface area contributed by atoms with Gasteiger partial charge in [-0.2, -0.15) is 0 Å². The van der Waals surface area contributed by atoms with Gasteiger partial charge in [0.25, 0.3) is 5.91 Å². The molecular formula is C12H12IN3OS. The third kappa shape index (κ3) is 2.81. The van der Waals surface area contributed by atoms with E-state index < -0.39 is 0 Å². The summed E-state index contributed by atoms with van der Waals surface area (Å²) in [6.45, 7) is 1.98. The normalized spacial score (nSPS) is 10.3. The minimum Gasteiger partial charge on any atom is -0.375 e. The van der Waals surface area contributed by atoms with Crippen LogP contribution in [0, 0.1) is 6.92 Å². The SMILES string of the molecule is Cc1cccc(CI)c1NC(=O)c1cnc(N)s1. The van der Waals surface area contributed by atoms with Gasteiger partial charge in [-0.25, -0.2) is 4.98 Å². The van der Waals surface area contributed by atoms with Crippen molar-refractivity contribution in [3.05, 3.63) is 40.4 Å². The van der Waals surface area contributed by atoms with Crippen molar-refractivity contribution >= 4 is 50.7 Å². The van der Waals surface area contributed by atoms with Gasteiger partial charge in [0.05, 0.1) is 6.20 Å². The van der Waals surface area contributed by atoms with Crippen molar-refractivity contribution in [1.29, 1.82) is 0 Å². The fourth-order valence-electron chi connectivity index (χ4n) is 1.59. The Morgan fingerprint density at radius 2 is 2.33 bits per heavy atom. The second kappa shape index (κ2) is 5.66. The first kappa shape index (κ1) is 13.3. The van der Waals surface area contributed by atoms with Crippen LogP contribution < -0.4 is 11.1 Å². The standard InChI is InChI=1S/C12H12IN3OS/c1-7-3-2-4-8(5-13)10(7)16-11(17)9-6-15-12(14)18-9/h2-4,6H,5H2,1H3,(H2,14,15)(H,16,17). The molecule has 0 unspecified atom stereocenters. The number of carbonyl (C=O) groups is 1. The molecule has 0 aliphatic carbocycles. The maximum absolute atomic E-state index is 12.0. The number of aromatic nitrogens is 1. The van der Waals surface area contributed by atoms with Gasteiger partial charge < -0.3 is 11.1 Å². The summed E-state index contributed by atoms with van der Waals surface area (Å²) in [5.74, 6) is -0.162. The van der Waals surface area contributed by atoms with Crippen molar-refractivity contribution in [1.82, 2.24) is 4.98 Å². The lowest BCUT2D eigenvalue weighted by Crippen LogP contribution is -2.12. The summed E-state index contributed by atoms with van der Waals surface area (Å²) in [6.07, 6.45) is 1.50. The second-order valence-corrected chi connectivity index (χ2v) is 5.58. The van der Waals surface area contributed by atoms with Crippen molar-refractivity contribution in [2.75, 3.05) is 11.1 Å². The van der Waals surface area contributed by atoms with Crippen LogP contribution in [0.15, 0.2) is 24.4 Å². The quantitative estimate of drug-likeness (QED) is 0.641. The number of hydrogen-bond donors (Lipinski definition) is 2. The fourth-order valence-corrected chi connectivity index (χ4v) is 2.80. The molecule has 2 rings (SSSR count). The van der Waals surface area contributed by atoms with Crippen molar-refractivity contribution in [2.24, 2.45) is 0 Å². The maximum atomic E-state index is 12.0. The van der Waals surface area contributed by atoms with Crippen molar-refractivity contribution < 1.29 is 4.79 Å². The Bertz CT molecular complexity index is 582. The van der Waals surface area contributed by atoms with E-state index in [4.69, 9.17) is 5.73 Å². The summed E-state index contributed by atoms with van der Waals surface area (Å²) in [4.78, 5) is 16.5. The lowest BCUT2D eigenvalue weighted by Gasteiger charge is -2.11. The fraction of sp³-hybridized carbons (Fsp3) is 0.167. The molecule has 3 N–H and O–H groups in total. The number of nitrogens with two attached hydrogens (primary N) is 1. The number of anilines is 2. The van der Waals surface area contributed by atoms with Crippen LogP contribution in [-0.2, 0) is 4.43 Å². The Labute approximate surface area is 123 Å². The third-order valence-electron chi connectivity index (χ3n) is 2.49. The number of nitrogens with zero attached hydrogens (tertiary/aromatic N) is 1. The van der Waals surface area contributed by atoms with Crippen LogP contribution >= 0.6 is 33.9 Å². The number of para-hydroxylation sites is 1. The third-order valence-corrected chi connectivity index (χ3v) is 4.14. The molecule has 0 aliphatic heterocycles. The summed E-state index contributed by atoms with van der Waals surface area (Å²) in [7, 11) is 0. The van der Waals surface area contributed by atoms with Crippen LogP contribution in [0.4, 0.5) is 10.8 Å². The van der Waals surface area contributed by atoms with Crippen LogP contribution in [0.5, 0.6) is 0 Å². The van der Waals surface area contributed by atoms with Gasteiger partial charge in [-0.1, -0.05) is 52.1 Å². The van der Waals surface area contributed by atoms with Crippen molar-refractivity contribution in [2.45, 2.75) is 11.4 Å². The molecule has 4 nitrogen and oxygen atoms in total. The lowest BCUT2D eigenvalue weighted by atomic mass is 10.1. The van der Waals surface area contributed by atoms with Gasteiger partial charge in [0, 0.05) is 10.1 Å². The van der Waals surface area contributed by atoms with E-state index in [0.29, 0.717) is 10.0 Å². The van der Waals surface area contributed by atoms with Gasteiger partial charge in [-0.15, -0.1) is 0 Å². The number of nitrogen functional groups attached to an aromatic ring is 1. The Kier molecular flexibility index (Phi) is 4.18. The number of nitrogens with one attached hydrogen (secondary N) is 1. The average Bonchev–Trinajstić information content (AvgIpc) is 2.78. The lowest BCUT2D eigenvalue weighted by molar-refractivity contribution is 0.103. The molecule has 0 bridgehead atoms. The topological polar surface area (TPSA) is 68.0 Å². The Hall–Kier alpha value is -1.15. The molecule has 6 heteroatoms. The number of benzene rings is 1. The van der Waals surface area contributed by atoms with E-state index in [1.54, 1.807) is 0 Å². The predicted octanol–water partition coefficient (Wildman–Crippen LogP) is 3.22. The molecule has 2 aromatic rings. The van der Waals surface area contributed by atoms with Gasteiger partial charge in [-0.05, 0) is 18.1 Å².